The third kappa shape index (κ3) is 3.11. The van der Waals surface area contributed by atoms with Gasteiger partial charge in [0, 0.05) is 6.54 Å². The van der Waals surface area contributed by atoms with E-state index in [0.717, 1.165) is 22.8 Å². The normalized spacial score (nSPS) is 17.0. The van der Waals surface area contributed by atoms with E-state index in [9.17, 15) is 9.90 Å². The lowest BCUT2D eigenvalue weighted by atomic mass is 10.0. The highest BCUT2D eigenvalue weighted by Crippen LogP contribution is 2.23. The number of rotatable bonds is 4. The van der Waals surface area contributed by atoms with Crippen LogP contribution in [0.3, 0.4) is 0 Å². The molecule has 1 aromatic heterocycles. The van der Waals surface area contributed by atoms with Gasteiger partial charge in [0.05, 0.1) is 13.1 Å². The summed E-state index contributed by atoms with van der Waals surface area (Å²) in [6, 6.07) is 17.9. The van der Waals surface area contributed by atoms with Crippen LogP contribution in [0.1, 0.15) is 17.2 Å². The molecule has 2 heterocycles. The highest BCUT2D eigenvalue weighted by Gasteiger charge is 2.33. The molecule has 0 bridgehead atoms. The summed E-state index contributed by atoms with van der Waals surface area (Å²) in [4.78, 5) is 13.7. The van der Waals surface area contributed by atoms with E-state index in [0.29, 0.717) is 19.6 Å². The molecule has 6 nitrogen and oxygen atoms in total. The van der Waals surface area contributed by atoms with E-state index in [1.165, 1.54) is 5.56 Å². The van der Waals surface area contributed by atoms with Crippen molar-refractivity contribution in [1.82, 2.24) is 19.7 Å². The van der Waals surface area contributed by atoms with Crippen LogP contribution in [0.5, 0.6) is 0 Å². The van der Waals surface area contributed by atoms with Gasteiger partial charge in [-0.3, -0.25) is 9.69 Å². The van der Waals surface area contributed by atoms with E-state index in [1.54, 1.807) is 0 Å². The Bertz CT molecular complexity index is 919. The summed E-state index contributed by atoms with van der Waals surface area (Å²) >= 11 is 0. The zero-order valence-corrected chi connectivity index (χ0v) is 14.5. The Balaban J connectivity index is 1.55. The number of nitrogens with zero attached hydrogens (tertiary/aromatic N) is 4. The minimum atomic E-state index is -0.815. The molecular formula is C20H20N4O2. The van der Waals surface area contributed by atoms with E-state index in [2.05, 4.69) is 46.6 Å². The highest BCUT2D eigenvalue weighted by molar-refractivity contribution is 5.73. The van der Waals surface area contributed by atoms with Crippen molar-refractivity contribution in [2.75, 3.05) is 0 Å². The van der Waals surface area contributed by atoms with Crippen molar-refractivity contribution in [3.05, 3.63) is 71.8 Å². The summed E-state index contributed by atoms with van der Waals surface area (Å²) in [7, 11) is 0. The smallest absolute Gasteiger partial charge is 0.322 e. The third-order valence-corrected chi connectivity index (χ3v) is 4.88. The fourth-order valence-electron chi connectivity index (χ4n) is 3.43. The maximum atomic E-state index is 11.7. The predicted octanol–water partition coefficient (Wildman–Crippen LogP) is 2.72. The average molecular weight is 348 g/mol. The lowest BCUT2D eigenvalue weighted by molar-refractivity contribution is -0.145. The summed E-state index contributed by atoms with van der Waals surface area (Å²) in [5, 5.41) is 17.9. The van der Waals surface area contributed by atoms with Crippen molar-refractivity contribution in [2.45, 2.75) is 32.6 Å². The van der Waals surface area contributed by atoms with Crippen LogP contribution in [0.15, 0.2) is 54.6 Å². The standard InChI is InChI=1S/C20H20N4O2/c1-14-21-22-19-13-23(18(20(25)26)12-24(14)19)11-15-7-9-17(10-8-15)16-5-3-2-4-6-16/h2-10,18H,11-13H2,1H3,(H,25,26). The minimum absolute atomic E-state index is 0.381. The van der Waals surface area contributed by atoms with Gasteiger partial charge in [-0.25, -0.2) is 0 Å². The molecular weight excluding hydrogens is 328 g/mol. The number of fused-ring (bicyclic) bond motifs is 1. The molecule has 1 unspecified atom stereocenters. The number of hydrogen-bond donors (Lipinski definition) is 1. The second-order valence-corrected chi connectivity index (χ2v) is 6.60. The van der Waals surface area contributed by atoms with Gasteiger partial charge in [0.2, 0.25) is 0 Å². The first-order valence-corrected chi connectivity index (χ1v) is 8.62. The number of carboxylic acids is 1. The van der Waals surface area contributed by atoms with Crippen LogP contribution in [0.4, 0.5) is 0 Å². The van der Waals surface area contributed by atoms with Gasteiger partial charge in [-0.15, -0.1) is 10.2 Å². The lowest BCUT2D eigenvalue weighted by Crippen LogP contribution is -2.47. The number of carboxylic acid groups (broad SMARTS) is 1. The van der Waals surface area contributed by atoms with Crippen LogP contribution >= 0.6 is 0 Å². The minimum Gasteiger partial charge on any atom is -0.480 e. The number of aromatic nitrogens is 3. The Morgan fingerprint density at radius 1 is 1.08 bits per heavy atom. The largest absolute Gasteiger partial charge is 0.480 e. The molecule has 132 valence electrons. The molecule has 0 aliphatic carbocycles. The van der Waals surface area contributed by atoms with Crippen LogP contribution in [-0.2, 0) is 24.4 Å². The molecule has 0 saturated carbocycles. The first kappa shape index (κ1) is 16.5. The molecule has 0 fully saturated rings. The molecule has 1 atom stereocenters. The molecule has 3 aromatic rings. The average Bonchev–Trinajstić information content (AvgIpc) is 3.02. The maximum Gasteiger partial charge on any atom is 0.322 e. The maximum absolute atomic E-state index is 11.7. The Hall–Kier alpha value is -2.99. The van der Waals surface area contributed by atoms with Gasteiger partial charge in [-0.2, -0.15) is 0 Å². The van der Waals surface area contributed by atoms with Gasteiger partial charge in [-0.05, 0) is 23.6 Å². The Labute approximate surface area is 151 Å². The van der Waals surface area contributed by atoms with Crippen molar-refractivity contribution >= 4 is 5.97 Å². The van der Waals surface area contributed by atoms with E-state index in [4.69, 9.17) is 0 Å². The number of aryl methyl sites for hydroxylation is 1. The number of benzene rings is 2. The molecule has 0 spiro atoms. The van der Waals surface area contributed by atoms with Crippen molar-refractivity contribution in [3.63, 3.8) is 0 Å². The Kier molecular flexibility index (Phi) is 4.26. The summed E-state index contributed by atoms with van der Waals surface area (Å²) in [5.41, 5.74) is 3.41. The molecule has 0 amide bonds. The number of carbonyl (C=O) groups is 1. The third-order valence-electron chi connectivity index (χ3n) is 4.88. The monoisotopic (exact) mass is 348 g/mol. The summed E-state index contributed by atoms with van der Waals surface area (Å²) in [5.74, 6) is 0.767. The SMILES string of the molecule is Cc1nnc2n1CC(C(=O)O)N(Cc1ccc(-c3ccccc3)cc1)C2. The Morgan fingerprint density at radius 3 is 2.46 bits per heavy atom. The quantitative estimate of drug-likeness (QED) is 0.785. The molecule has 2 aromatic carbocycles. The van der Waals surface area contributed by atoms with Crippen LogP contribution in [0, 0.1) is 6.92 Å². The molecule has 6 heteroatoms. The zero-order valence-electron chi connectivity index (χ0n) is 14.5. The first-order valence-electron chi connectivity index (χ1n) is 8.62. The molecule has 0 saturated heterocycles. The fourth-order valence-corrected chi connectivity index (χ4v) is 3.43. The predicted molar refractivity (Wildman–Crippen MR) is 97.3 cm³/mol. The zero-order chi connectivity index (χ0) is 18.1. The van der Waals surface area contributed by atoms with E-state index < -0.39 is 12.0 Å². The summed E-state index contributed by atoms with van der Waals surface area (Å²) in [6.45, 7) is 3.29. The van der Waals surface area contributed by atoms with E-state index in [1.807, 2.05) is 34.6 Å². The molecule has 26 heavy (non-hydrogen) atoms. The molecule has 0 radical (unpaired) electrons. The van der Waals surface area contributed by atoms with Crippen LogP contribution in [0.25, 0.3) is 11.1 Å². The fraction of sp³-hybridized carbons (Fsp3) is 0.250. The summed E-state index contributed by atoms with van der Waals surface area (Å²) < 4.78 is 1.90. The highest BCUT2D eigenvalue weighted by atomic mass is 16.4. The molecule has 4 rings (SSSR count). The Morgan fingerprint density at radius 2 is 1.77 bits per heavy atom. The van der Waals surface area contributed by atoms with Gasteiger partial charge in [-0.1, -0.05) is 54.6 Å². The van der Waals surface area contributed by atoms with Crippen molar-refractivity contribution in [1.29, 1.82) is 0 Å². The van der Waals surface area contributed by atoms with Crippen LogP contribution < -0.4 is 0 Å². The molecule has 1 N–H and O–H groups in total. The van der Waals surface area contributed by atoms with Gasteiger partial charge in [0.1, 0.15) is 17.7 Å². The topological polar surface area (TPSA) is 71.2 Å². The van der Waals surface area contributed by atoms with Crippen molar-refractivity contribution in [2.24, 2.45) is 0 Å². The van der Waals surface area contributed by atoms with Gasteiger partial charge in [0.15, 0.2) is 0 Å². The van der Waals surface area contributed by atoms with Crippen molar-refractivity contribution in [3.8, 4) is 11.1 Å². The second-order valence-electron chi connectivity index (χ2n) is 6.60. The van der Waals surface area contributed by atoms with E-state index in [-0.39, 0.29) is 0 Å². The lowest BCUT2D eigenvalue weighted by Gasteiger charge is -2.33. The summed E-state index contributed by atoms with van der Waals surface area (Å²) in [6.07, 6.45) is 0. The van der Waals surface area contributed by atoms with Crippen LogP contribution in [-0.4, -0.2) is 36.8 Å². The number of aliphatic carboxylic acids is 1. The van der Waals surface area contributed by atoms with Gasteiger partial charge >= 0.3 is 5.97 Å². The van der Waals surface area contributed by atoms with Crippen molar-refractivity contribution < 1.29 is 9.90 Å². The number of hydrogen-bond acceptors (Lipinski definition) is 4. The van der Waals surface area contributed by atoms with Gasteiger partial charge in [0.25, 0.3) is 0 Å². The van der Waals surface area contributed by atoms with Crippen LogP contribution in [0.2, 0.25) is 0 Å². The molecule has 1 aliphatic heterocycles. The van der Waals surface area contributed by atoms with Gasteiger partial charge < -0.3 is 9.67 Å². The first-order chi connectivity index (χ1) is 12.6. The second kappa shape index (κ2) is 6.72. The van der Waals surface area contributed by atoms with E-state index >= 15 is 0 Å². The molecule has 1 aliphatic rings.